The van der Waals surface area contributed by atoms with E-state index >= 15 is 0 Å². The van der Waals surface area contributed by atoms with Crippen LogP contribution in [0.15, 0.2) is 24.3 Å². The molecule has 1 aromatic rings. The molecule has 8 N–H and O–H groups in total. The minimum Gasteiger partial charge on any atom is -0.504 e. The second-order valence-electron chi connectivity index (χ2n) is 8.24. The Morgan fingerprint density at radius 3 is 2.33 bits per heavy atom. The van der Waals surface area contributed by atoms with Crippen molar-refractivity contribution in [2.45, 2.75) is 54.8 Å². The third-order valence-corrected chi connectivity index (χ3v) is 5.90. The van der Waals surface area contributed by atoms with E-state index in [0.29, 0.717) is 5.56 Å². The number of carbonyl (C=O) groups is 1. The predicted molar refractivity (Wildman–Crippen MR) is 116 cm³/mol. The Morgan fingerprint density at radius 1 is 1.03 bits per heavy atom. The van der Waals surface area contributed by atoms with Crippen LogP contribution >= 0.6 is 0 Å². The molecule has 3 rings (SSSR count). The molecule has 2 saturated heterocycles. The van der Waals surface area contributed by atoms with Gasteiger partial charge in [0.2, 0.25) is 5.79 Å². The molecule has 14 heteroatoms. The first-order valence-electron chi connectivity index (χ1n) is 10.9. The number of aliphatic hydroxyl groups is 7. The Balaban J connectivity index is 1.81. The zero-order valence-electron chi connectivity index (χ0n) is 19.2. The molecule has 202 valence electrons. The van der Waals surface area contributed by atoms with Crippen LogP contribution in [0.25, 0.3) is 6.08 Å². The SMILES string of the molecule is COc1cc(/C=C/C(=O)O[C@H]2[C@H](O)[C@H](CO)O[C@@]2(CO)O[C@H]2O[C@H](CO)[C@@H](O)[C@H](O)[C@H]2O)ccc1O. The maximum absolute atomic E-state index is 12.5. The molecular formula is C22H30O14. The van der Waals surface area contributed by atoms with Crippen molar-refractivity contribution in [3.8, 4) is 11.5 Å². The summed E-state index contributed by atoms with van der Waals surface area (Å²) in [5.74, 6) is -3.35. The van der Waals surface area contributed by atoms with E-state index in [1.807, 2.05) is 0 Å². The zero-order chi connectivity index (χ0) is 26.6. The summed E-state index contributed by atoms with van der Waals surface area (Å²) in [5.41, 5.74) is 0.448. The standard InChI is InChI=1S/C22H30O14/c1-32-12-6-10(2-4-11(12)26)3-5-15(27)34-20-17(29)14(8-24)35-22(20,9-25)36-21-19(31)18(30)16(28)13(7-23)33-21/h2-6,13-14,16-21,23-26,28-31H,7-9H2,1H3/b5-3+/t13-,14+,16-,17-,18+,19-,20+,21-,22+/m1/s1. The molecule has 2 aliphatic heterocycles. The Kier molecular flexibility index (Phi) is 9.23. The molecule has 14 nitrogen and oxygen atoms in total. The van der Waals surface area contributed by atoms with Crippen LogP contribution in [-0.2, 0) is 23.7 Å². The topological polar surface area (TPSA) is 225 Å². The van der Waals surface area contributed by atoms with E-state index in [9.17, 15) is 45.6 Å². The Bertz CT molecular complexity index is 922. The largest absolute Gasteiger partial charge is 0.504 e. The Labute approximate surface area is 205 Å². The van der Waals surface area contributed by atoms with Gasteiger partial charge in [0.25, 0.3) is 0 Å². The van der Waals surface area contributed by atoms with Gasteiger partial charge in [0.05, 0.1) is 20.3 Å². The Morgan fingerprint density at radius 2 is 1.72 bits per heavy atom. The molecule has 0 spiro atoms. The van der Waals surface area contributed by atoms with Crippen LogP contribution in [0, 0.1) is 0 Å². The second kappa shape index (κ2) is 11.8. The van der Waals surface area contributed by atoms with Gasteiger partial charge in [0.15, 0.2) is 23.9 Å². The van der Waals surface area contributed by atoms with Gasteiger partial charge in [0, 0.05) is 6.08 Å². The molecule has 2 fully saturated rings. The lowest BCUT2D eigenvalue weighted by molar-refractivity contribution is -0.383. The number of methoxy groups -OCH3 is 1. The van der Waals surface area contributed by atoms with Gasteiger partial charge in [-0.3, -0.25) is 0 Å². The second-order valence-corrected chi connectivity index (χ2v) is 8.24. The first-order chi connectivity index (χ1) is 17.1. The molecule has 0 amide bonds. The van der Waals surface area contributed by atoms with Crippen molar-refractivity contribution >= 4 is 12.0 Å². The van der Waals surface area contributed by atoms with E-state index in [1.54, 1.807) is 0 Å². The molecule has 0 aromatic heterocycles. The van der Waals surface area contributed by atoms with Crippen LogP contribution in [0.4, 0.5) is 0 Å². The van der Waals surface area contributed by atoms with Crippen LogP contribution in [0.2, 0.25) is 0 Å². The first-order valence-corrected chi connectivity index (χ1v) is 10.9. The number of aromatic hydroxyl groups is 1. The van der Waals surface area contributed by atoms with Gasteiger partial charge in [-0.25, -0.2) is 4.79 Å². The van der Waals surface area contributed by atoms with Crippen molar-refractivity contribution < 1.29 is 69.3 Å². The van der Waals surface area contributed by atoms with Gasteiger partial charge in [-0.15, -0.1) is 0 Å². The lowest BCUT2D eigenvalue weighted by atomic mass is 9.99. The molecule has 0 saturated carbocycles. The van der Waals surface area contributed by atoms with Crippen LogP contribution in [-0.4, -0.2) is 129 Å². The number of phenolic OH excluding ortho intramolecular Hbond substituents is 1. The minimum absolute atomic E-state index is 0.114. The smallest absolute Gasteiger partial charge is 0.331 e. The van der Waals surface area contributed by atoms with Gasteiger partial charge < -0.3 is 64.5 Å². The number of carbonyl (C=O) groups excluding carboxylic acids is 1. The highest BCUT2D eigenvalue weighted by molar-refractivity contribution is 5.87. The van der Waals surface area contributed by atoms with Crippen LogP contribution < -0.4 is 4.74 Å². The van der Waals surface area contributed by atoms with Crippen molar-refractivity contribution in [1.29, 1.82) is 0 Å². The molecule has 1 aromatic carbocycles. The zero-order valence-corrected chi connectivity index (χ0v) is 19.2. The third-order valence-electron chi connectivity index (χ3n) is 5.90. The van der Waals surface area contributed by atoms with Gasteiger partial charge in [-0.05, 0) is 23.8 Å². The van der Waals surface area contributed by atoms with E-state index in [4.69, 9.17) is 23.7 Å². The molecular weight excluding hydrogens is 488 g/mol. The molecule has 0 aliphatic carbocycles. The molecule has 9 atom stereocenters. The number of hydrogen-bond acceptors (Lipinski definition) is 14. The van der Waals surface area contributed by atoms with Crippen LogP contribution in [0.1, 0.15) is 5.56 Å². The van der Waals surface area contributed by atoms with E-state index in [1.165, 1.54) is 31.4 Å². The van der Waals surface area contributed by atoms with E-state index < -0.39 is 80.6 Å². The molecule has 0 unspecified atom stereocenters. The highest BCUT2D eigenvalue weighted by Crippen LogP contribution is 2.38. The van der Waals surface area contributed by atoms with E-state index in [-0.39, 0.29) is 11.5 Å². The number of esters is 1. The van der Waals surface area contributed by atoms with Gasteiger partial charge in [-0.1, -0.05) is 6.07 Å². The summed E-state index contributed by atoms with van der Waals surface area (Å²) in [4.78, 5) is 12.5. The summed E-state index contributed by atoms with van der Waals surface area (Å²) in [7, 11) is 1.35. The monoisotopic (exact) mass is 518 g/mol. The van der Waals surface area contributed by atoms with Gasteiger partial charge in [0.1, 0.15) is 43.2 Å². The molecule has 0 radical (unpaired) electrons. The maximum atomic E-state index is 12.5. The molecule has 0 bridgehead atoms. The minimum atomic E-state index is -2.37. The summed E-state index contributed by atoms with van der Waals surface area (Å²) in [6.07, 6.45) is -11.1. The molecule has 36 heavy (non-hydrogen) atoms. The summed E-state index contributed by atoms with van der Waals surface area (Å²) < 4.78 is 26.5. The average Bonchev–Trinajstić information content (AvgIpc) is 3.14. The highest BCUT2D eigenvalue weighted by atomic mass is 16.8. The maximum Gasteiger partial charge on any atom is 0.331 e. The fourth-order valence-corrected chi connectivity index (χ4v) is 3.90. The summed E-state index contributed by atoms with van der Waals surface area (Å²) >= 11 is 0. The quantitative estimate of drug-likeness (QED) is 0.118. The highest BCUT2D eigenvalue weighted by Gasteiger charge is 2.60. The summed E-state index contributed by atoms with van der Waals surface area (Å²) in [5, 5.41) is 79.5. The third kappa shape index (κ3) is 5.63. The number of ether oxygens (including phenoxy) is 5. The van der Waals surface area contributed by atoms with E-state index in [2.05, 4.69) is 0 Å². The van der Waals surface area contributed by atoms with Crippen LogP contribution in [0.5, 0.6) is 11.5 Å². The average molecular weight is 518 g/mol. The lowest BCUT2D eigenvalue weighted by Gasteiger charge is -2.43. The Hall–Kier alpha value is -2.37. The van der Waals surface area contributed by atoms with Crippen molar-refractivity contribution in [1.82, 2.24) is 0 Å². The summed E-state index contributed by atoms with van der Waals surface area (Å²) in [6.45, 7) is -2.59. The summed E-state index contributed by atoms with van der Waals surface area (Å²) in [6, 6.07) is 4.27. The fourth-order valence-electron chi connectivity index (χ4n) is 3.90. The van der Waals surface area contributed by atoms with Crippen molar-refractivity contribution in [2.24, 2.45) is 0 Å². The number of aliphatic hydroxyl groups excluding tert-OH is 7. The van der Waals surface area contributed by atoms with Crippen molar-refractivity contribution in [3.05, 3.63) is 29.8 Å². The predicted octanol–water partition coefficient (Wildman–Crippen LogP) is -3.42. The van der Waals surface area contributed by atoms with Gasteiger partial charge in [-0.2, -0.15) is 0 Å². The van der Waals surface area contributed by atoms with Crippen molar-refractivity contribution in [3.63, 3.8) is 0 Å². The molecule has 2 heterocycles. The van der Waals surface area contributed by atoms with Crippen LogP contribution in [0.3, 0.4) is 0 Å². The lowest BCUT2D eigenvalue weighted by Crippen LogP contribution is -2.63. The molecule has 2 aliphatic rings. The number of hydrogen-bond donors (Lipinski definition) is 8. The van der Waals surface area contributed by atoms with Crippen molar-refractivity contribution in [2.75, 3.05) is 26.9 Å². The normalized spacial score (nSPS) is 36.8. The van der Waals surface area contributed by atoms with E-state index in [0.717, 1.165) is 6.08 Å². The fraction of sp³-hybridized carbons (Fsp3) is 0.591. The number of rotatable bonds is 9. The number of benzene rings is 1. The number of phenols is 1. The van der Waals surface area contributed by atoms with Gasteiger partial charge >= 0.3 is 5.97 Å². The first kappa shape index (κ1) is 28.2.